The summed E-state index contributed by atoms with van der Waals surface area (Å²) >= 11 is 1.62. The molecule has 4 aromatic rings. The number of nitrogens with zero attached hydrogens (tertiary/aromatic N) is 7. The minimum absolute atomic E-state index is 0.0303. The molecule has 9 heteroatoms. The Morgan fingerprint density at radius 1 is 1.06 bits per heavy atom. The number of pyridine rings is 1. The van der Waals surface area contributed by atoms with Gasteiger partial charge in [0.05, 0.1) is 27.2 Å². The van der Waals surface area contributed by atoms with E-state index >= 15 is 0 Å². The molecule has 8 nitrogen and oxygen atoms in total. The molecule has 0 unspecified atom stereocenters. The van der Waals surface area contributed by atoms with Crippen molar-refractivity contribution in [1.82, 2.24) is 29.6 Å². The van der Waals surface area contributed by atoms with E-state index in [-0.39, 0.29) is 11.8 Å². The molecule has 1 aliphatic rings. The molecule has 1 aliphatic heterocycles. The van der Waals surface area contributed by atoms with Gasteiger partial charge in [-0.25, -0.2) is 15.0 Å². The molecular formula is C25H29N7OS. The zero-order valence-corrected chi connectivity index (χ0v) is 21.1. The third-order valence-corrected chi connectivity index (χ3v) is 7.13. The molecule has 0 aliphatic carbocycles. The highest BCUT2D eigenvalue weighted by atomic mass is 32.1. The summed E-state index contributed by atoms with van der Waals surface area (Å²) < 4.78 is 1.76. The molecule has 5 heterocycles. The van der Waals surface area contributed by atoms with E-state index in [1.165, 1.54) is 0 Å². The Labute approximate surface area is 203 Å². The number of carbonyl (C=O) groups is 1. The number of fused-ring (bicyclic) bond motifs is 1. The third kappa shape index (κ3) is 4.04. The van der Waals surface area contributed by atoms with Crippen LogP contribution >= 0.6 is 11.3 Å². The van der Waals surface area contributed by atoms with Gasteiger partial charge in [-0.1, -0.05) is 19.9 Å². The lowest BCUT2D eigenvalue weighted by molar-refractivity contribution is 0.0748. The highest BCUT2D eigenvalue weighted by Crippen LogP contribution is 2.30. The van der Waals surface area contributed by atoms with E-state index in [0.717, 1.165) is 57.7 Å². The number of amides is 1. The molecule has 0 radical (unpaired) electrons. The van der Waals surface area contributed by atoms with Gasteiger partial charge >= 0.3 is 0 Å². The minimum Gasteiger partial charge on any atom is -0.353 e. The van der Waals surface area contributed by atoms with Crippen LogP contribution in [0.25, 0.3) is 21.6 Å². The van der Waals surface area contributed by atoms with Crippen LogP contribution in [0.4, 0.5) is 5.82 Å². The molecular weight excluding hydrogens is 446 g/mol. The van der Waals surface area contributed by atoms with Crippen LogP contribution in [-0.4, -0.2) is 61.7 Å². The monoisotopic (exact) mass is 475 g/mol. The zero-order valence-electron chi connectivity index (χ0n) is 20.2. The Hall–Kier alpha value is -3.33. The van der Waals surface area contributed by atoms with E-state index in [4.69, 9.17) is 9.97 Å². The van der Waals surface area contributed by atoms with Gasteiger partial charge in [0.2, 0.25) is 0 Å². The van der Waals surface area contributed by atoms with Crippen LogP contribution in [0.3, 0.4) is 0 Å². The number of carbonyl (C=O) groups excluding carboxylic acids is 1. The van der Waals surface area contributed by atoms with Gasteiger partial charge in [0.25, 0.3) is 5.91 Å². The Morgan fingerprint density at radius 2 is 1.82 bits per heavy atom. The van der Waals surface area contributed by atoms with E-state index in [2.05, 4.69) is 28.8 Å². The van der Waals surface area contributed by atoms with Crippen molar-refractivity contribution in [3.8, 4) is 10.6 Å². The zero-order chi connectivity index (χ0) is 24.0. The molecule has 176 valence electrons. The van der Waals surface area contributed by atoms with Crippen molar-refractivity contribution in [1.29, 1.82) is 0 Å². The van der Waals surface area contributed by atoms with Crippen molar-refractivity contribution in [2.75, 3.05) is 31.1 Å². The first-order chi connectivity index (χ1) is 16.3. The van der Waals surface area contributed by atoms with Crippen LogP contribution in [0.5, 0.6) is 0 Å². The van der Waals surface area contributed by atoms with Crippen LogP contribution in [0.15, 0.2) is 29.6 Å². The summed E-state index contributed by atoms with van der Waals surface area (Å²) in [6.45, 7) is 10.9. The average molecular weight is 476 g/mol. The maximum Gasteiger partial charge on any atom is 0.254 e. The number of piperazine rings is 1. The smallest absolute Gasteiger partial charge is 0.254 e. The molecule has 4 aromatic heterocycles. The maximum atomic E-state index is 13.8. The van der Waals surface area contributed by atoms with Crippen LogP contribution in [-0.2, 0) is 7.05 Å². The van der Waals surface area contributed by atoms with E-state index in [9.17, 15) is 4.79 Å². The highest BCUT2D eigenvalue weighted by Gasteiger charge is 2.27. The summed E-state index contributed by atoms with van der Waals surface area (Å²) in [5.74, 6) is 2.11. The van der Waals surface area contributed by atoms with Crippen LogP contribution in [0, 0.1) is 13.8 Å². The molecule has 0 bridgehead atoms. The number of aromatic nitrogens is 5. The first-order valence-electron chi connectivity index (χ1n) is 11.6. The second kappa shape index (κ2) is 8.79. The van der Waals surface area contributed by atoms with Gasteiger partial charge in [-0.3, -0.25) is 9.48 Å². The first kappa shape index (κ1) is 22.5. The fourth-order valence-electron chi connectivity index (χ4n) is 4.47. The molecule has 34 heavy (non-hydrogen) atoms. The van der Waals surface area contributed by atoms with E-state index in [0.29, 0.717) is 18.7 Å². The van der Waals surface area contributed by atoms with Gasteiger partial charge in [-0.05, 0) is 31.4 Å². The van der Waals surface area contributed by atoms with Crippen LogP contribution in [0.1, 0.15) is 47.3 Å². The largest absolute Gasteiger partial charge is 0.353 e. The lowest BCUT2D eigenvalue weighted by atomic mass is 10.1. The van der Waals surface area contributed by atoms with Crippen molar-refractivity contribution in [3.05, 3.63) is 52.4 Å². The number of anilines is 1. The summed E-state index contributed by atoms with van der Waals surface area (Å²) in [5, 5.41) is 7.41. The van der Waals surface area contributed by atoms with Gasteiger partial charge in [0.1, 0.15) is 11.6 Å². The van der Waals surface area contributed by atoms with Crippen molar-refractivity contribution in [2.24, 2.45) is 7.05 Å². The summed E-state index contributed by atoms with van der Waals surface area (Å²) in [6, 6.07) is 7.99. The summed E-state index contributed by atoms with van der Waals surface area (Å²) in [6.07, 6.45) is 0. The molecule has 5 rings (SSSR count). The number of hydrogen-bond donors (Lipinski definition) is 0. The lowest BCUT2D eigenvalue weighted by Crippen LogP contribution is -2.49. The number of rotatable bonds is 4. The fourth-order valence-corrected chi connectivity index (χ4v) is 5.15. The van der Waals surface area contributed by atoms with Crippen molar-refractivity contribution in [2.45, 2.75) is 33.6 Å². The average Bonchev–Trinajstić information content (AvgIpc) is 3.46. The molecule has 1 fully saturated rings. The van der Waals surface area contributed by atoms with E-state index in [1.807, 2.05) is 55.4 Å². The maximum absolute atomic E-state index is 13.8. The molecule has 1 amide bonds. The molecule has 0 saturated carbocycles. The Morgan fingerprint density at radius 3 is 2.50 bits per heavy atom. The Balaban J connectivity index is 1.43. The van der Waals surface area contributed by atoms with E-state index < -0.39 is 0 Å². The standard InChI is InChI=1S/C25H29N7OS/c1-15(2)23-26-16(3)13-21(28-23)31-8-10-32(11-9-31)25(33)18-14-19(20-7-6-12-34-20)27-24-22(18)17(4)29-30(24)5/h6-7,12-15H,8-11H2,1-5H3. The molecule has 0 atom stereocenters. The highest BCUT2D eigenvalue weighted by molar-refractivity contribution is 7.13. The van der Waals surface area contributed by atoms with Crippen molar-refractivity contribution >= 4 is 34.1 Å². The normalized spacial score (nSPS) is 14.4. The van der Waals surface area contributed by atoms with Crippen LogP contribution in [0.2, 0.25) is 0 Å². The van der Waals surface area contributed by atoms with E-state index in [1.54, 1.807) is 16.0 Å². The molecule has 0 spiro atoms. The Bertz CT molecular complexity index is 1350. The second-order valence-electron chi connectivity index (χ2n) is 9.10. The topological polar surface area (TPSA) is 80.0 Å². The van der Waals surface area contributed by atoms with Gasteiger partial charge in [-0.15, -0.1) is 11.3 Å². The quantitative estimate of drug-likeness (QED) is 0.440. The van der Waals surface area contributed by atoms with Gasteiger partial charge in [0.15, 0.2) is 5.65 Å². The van der Waals surface area contributed by atoms with Gasteiger partial charge < -0.3 is 9.80 Å². The van der Waals surface area contributed by atoms with Crippen molar-refractivity contribution < 1.29 is 4.79 Å². The predicted octanol–water partition coefficient (Wildman–Crippen LogP) is 4.19. The number of thiophene rings is 1. The summed E-state index contributed by atoms with van der Waals surface area (Å²) in [4.78, 5) is 33.2. The number of aryl methyl sites for hydroxylation is 3. The second-order valence-corrected chi connectivity index (χ2v) is 10.0. The van der Waals surface area contributed by atoms with Crippen molar-refractivity contribution in [3.63, 3.8) is 0 Å². The molecule has 0 N–H and O–H groups in total. The van der Waals surface area contributed by atoms with Crippen LogP contribution < -0.4 is 4.90 Å². The minimum atomic E-state index is 0.0303. The number of hydrogen-bond acceptors (Lipinski definition) is 7. The summed E-state index contributed by atoms with van der Waals surface area (Å²) in [7, 11) is 1.88. The van der Waals surface area contributed by atoms with Gasteiger partial charge in [0, 0.05) is 50.9 Å². The third-order valence-electron chi connectivity index (χ3n) is 6.24. The fraction of sp³-hybridized carbons (Fsp3) is 0.400. The SMILES string of the molecule is Cc1cc(N2CCN(C(=O)c3cc(-c4cccs4)nc4c3c(C)nn4C)CC2)nc(C(C)C)n1. The Kier molecular flexibility index (Phi) is 5.81. The van der Waals surface area contributed by atoms with Gasteiger partial charge in [-0.2, -0.15) is 5.10 Å². The molecule has 0 aromatic carbocycles. The lowest BCUT2D eigenvalue weighted by Gasteiger charge is -2.35. The summed E-state index contributed by atoms with van der Waals surface area (Å²) in [5.41, 5.74) is 4.02. The predicted molar refractivity (Wildman–Crippen MR) is 136 cm³/mol. The molecule has 1 saturated heterocycles. The first-order valence-corrected chi connectivity index (χ1v) is 12.5.